The van der Waals surface area contributed by atoms with Gasteiger partial charge in [-0.3, -0.25) is 4.79 Å². The Balaban J connectivity index is 2.24. The third-order valence-electron chi connectivity index (χ3n) is 2.42. The zero-order valence-electron chi connectivity index (χ0n) is 10.9. The molecule has 0 unspecified atom stereocenters. The Morgan fingerprint density at radius 2 is 1.89 bits per heavy atom. The van der Waals surface area contributed by atoms with Crippen LogP contribution in [0.15, 0.2) is 12.1 Å². The molecule has 4 nitrogen and oxygen atoms in total. The highest BCUT2D eigenvalue weighted by Gasteiger charge is 2.07. The van der Waals surface area contributed by atoms with Crippen LogP contribution in [0.1, 0.15) is 36.5 Å². The molecule has 0 aliphatic carbocycles. The Labute approximate surface area is 123 Å². The molecule has 0 spiro atoms. The van der Waals surface area contributed by atoms with Crippen LogP contribution in [0, 0.1) is 0 Å². The smallest absolute Gasteiger partial charge is 0.251 e. The molecule has 0 saturated heterocycles. The number of ether oxygens (including phenoxy) is 1. The number of carbonyl (C=O) groups excluding carboxylic acids is 1. The molecule has 1 aromatic heterocycles. The third-order valence-corrected chi connectivity index (χ3v) is 2.81. The molecule has 0 atom stereocenters. The van der Waals surface area contributed by atoms with Gasteiger partial charge in [-0.25, -0.2) is 4.98 Å². The van der Waals surface area contributed by atoms with E-state index in [0.29, 0.717) is 18.7 Å². The van der Waals surface area contributed by atoms with Crippen LogP contribution in [-0.2, 0) is 4.74 Å². The lowest BCUT2D eigenvalue weighted by Gasteiger charge is -2.06. The van der Waals surface area contributed by atoms with Gasteiger partial charge in [0.1, 0.15) is 10.3 Å². The lowest BCUT2D eigenvalue weighted by molar-refractivity contribution is 0.0940. The summed E-state index contributed by atoms with van der Waals surface area (Å²) in [6, 6.07) is 2.97. The highest BCUT2D eigenvalue weighted by atomic mass is 35.5. The van der Waals surface area contributed by atoms with Gasteiger partial charge in [0, 0.05) is 25.3 Å². The molecule has 1 N–H and O–H groups in total. The summed E-state index contributed by atoms with van der Waals surface area (Å²) >= 11 is 11.5. The average Bonchev–Trinajstić information content (AvgIpc) is 2.36. The van der Waals surface area contributed by atoms with Gasteiger partial charge in [0.2, 0.25) is 0 Å². The van der Waals surface area contributed by atoms with Crippen molar-refractivity contribution in [1.29, 1.82) is 0 Å². The average molecular weight is 305 g/mol. The van der Waals surface area contributed by atoms with Crippen molar-refractivity contribution in [1.82, 2.24) is 10.3 Å². The van der Waals surface area contributed by atoms with Crippen LogP contribution < -0.4 is 5.32 Å². The minimum absolute atomic E-state index is 0.209. The fourth-order valence-electron chi connectivity index (χ4n) is 1.42. The Morgan fingerprint density at radius 1 is 1.26 bits per heavy atom. The van der Waals surface area contributed by atoms with Gasteiger partial charge in [-0.05, 0) is 25.0 Å². The van der Waals surface area contributed by atoms with E-state index >= 15 is 0 Å². The number of amides is 1. The molecule has 0 aromatic carbocycles. The van der Waals surface area contributed by atoms with Crippen LogP contribution in [-0.4, -0.2) is 30.6 Å². The molecule has 0 bridgehead atoms. The van der Waals surface area contributed by atoms with Gasteiger partial charge < -0.3 is 10.1 Å². The second-order valence-electron chi connectivity index (χ2n) is 4.08. The number of nitrogens with one attached hydrogen (secondary N) is 1. The topological polar surface area (TPSA) is 51.2 Å². The van der Waals surface area contributed by atoms with Gasteiger partial charge in [-0.1, -0.05) is 36.5 Å². The van der Waals surface area contributed by atoms with Crippen molar-refractivity contribution in [2.75, 3.05) is 19.8 Å². The molecule has 1 amide bonds. The minimum Gasteiger partial charge on any atom is -0.381 e. The molecule has 6 heteroatoms. The van der Waals surface area contributed by atoms with Crippen molar-refractivity contribution < 1.29 is 9.53 Å². The van der Waals surface area contributed by atoms with E-state index in [0.717, 1.165) is 25.9 Å². The lowest BCUT2D eigenvalue weighted by atomic mass is 10.2. The predicted molar refractivity (Wildman–Crippen MR) is 76.9 cm³/mol. The normalized spacial score (nSPS) is 10.5. The Morgan fingerprint density at radius 3 is 2.53 bits per heavy atom. The minimum atomic E-state index is -0.209. The van der Waals surface area contributed by atoms with E-state index in [1.54, 1.807) is 0 Å². The third kappa shape index (κ3) is 6.76. The van der Waals surface area contributed by atoms with Gasteiger partial charge in [-0.2, -0.15) is 0 Å². The molecular formula is C13H18Cl2N2O2. The maximum absolute atomic E-state index is 11.8. The SMILES string of the molecule is CCCCOCCCNC(=O)c1cc(Cl)nc(Cl)c1. The summed E-state index contributed by atoms with van der Waals surface area (Å²) in [6.45, 7) is 4.11. The highest BCUT2D eigenvalue weighted by molar-refractivity contribution is 6.33. The van der Waals surface area contributed by atoms with Gasteiger partial charge in [-0.15, -0.1) is 0 Å². The van der Waals surface area contributed by atoms with Crippen LogP contribution in [0.3, 0.4) is 0 Å². The van der Waals surface area contributed by atoms with Crippen molar-refractivity contribution >= 4 is 29.1 Å². The second-order valence-corrected chi connectivity index (χ2v) is 4.85. The number of hydrogen-bond donors (Lipinski definition) is 1. The Bertz CT molecular complexity index is 393. The molecule has 1 rings (SSSR count). The molecule has 0 saturated carbocycles. The number of halogens is 2. The maximum atomic E-state index is 11.8. The van der Waals surface area contributed by atoms with E-state index in [4.69, 9.17) is 27.9 Å². The van der Waals surface area contributed by atoms with Crippen molar-refractivity contribution in [3.05, 3.63) is 28.0 Å². The Kier molecular flexibility index (Phi) is 7.79. The van der Waals surface area contributed by atoms with E-state index in [1.807, 2.05) is 0 Å². The van der Waals surface area contributed by atoms with Gasteiger partial charge in [0.25, 0.3) is 5.91 Å². The first-order chi connectivity index (χ1) is 9.13. The summed E-state index contributed by atoms with van der Waals surface area (Å²) < 4.78 is 5.40. The number of nitrogens with zero attached hydrogens (tertiary/aromatic N) is 1. The quantitative estimate of drug-likeness (QED) is 0.592. The standard InChI is InChI=1S/C13H18Cl2N2O2/c1-2-3-6-19-7-4-5-16-13(18)10-8-11(14)17-12(15)9-10/h8-9H,2-7H2,1H3,(H,16,18). The van der Waals surface area contributed by atoms with Crippen molar-refractivity contribution in [2.24, 2.45) is 0 Å². The molecular weight excluding hydrogens is 287 g/mol. The van der Waals surface area contributed by atoms with Gasteiger partial charge >= 0.3 is 0 Å². The summed E-state index contributed by atoms with van der Waals surface area (Å²) in [5.74, 6) is -0.209. The zero-order valence-corrected chi connectivity index (χ0v) is 12.4. The van der Waals surface area contributed by atoms with E-state index in [1.165, 1.54) is 12.1 Å². The first-order valence-electron chi connectivity index (χ1n) is 6.32. The predicted octanol–water partition coefficient (Wildman–Crippen LogP) is 3.33. The second kappa shape index (κ2) is 9.13. The van der Waals surface area contributed by atoms with Crippen molar-refractivity contribution in [3.8, 4) is 0 Å². The number of unbranched alkanes of at least 4 members (excludes halogenated alkanes) is 1. The summed E-state index contributed by atoms with van der Waals surface area (Å²) in [4.78, 5) is 15.6. The molecule has 1 aromatic rings. The monoisotopic (exact) mass is 304 g/mol. The lowest BCUT2D eigenvalue weighted by Crippen LogP contribution is -2.25. The number of rotatable bonds is 8. The van der Waals surface area contributed by atoms with E-state index < -0.39 is 0 Å². The van der Waals surface area contributed by atoms with Gasteiger partial charge in [0.05, 0.1) is 0 Å². The fourth-order valence-corrected chi connectivity index (χ4v) is 1.88. The number of carbonyl (C=O) groups is 1. The molecule has 1 heterocycles. The van der Waals surface area contributed by atoms with Crippen LogP contribution in [0.2, 0.25) is 10.3 Å². The molecule has 106 valence electrons. The van der Waals surface area contributed by atoms with Crippen molar-refractivity contribution in [2.45, 2.75) is 26.2 Å². The van der Waals surface area contributed by atoms with Crippen molar-refractivity contribution in [3.63, 3.8) is 0 Å². The van der Waals surface area contributed by atoms with Gasteiger partial charge in [0.15, 0.2) is 0 Å². The first kappa shape index (κ1) is 16.2. The molecule has 0 fully saturated rings. The van der Waals surface area contributed by atoms with E-state index in [9.17, 15) is 4.79 Å². The number of pyridine rings is 1. The summed E-state index contributed by atoms with van der Waals surface area (Å²) in [6.07, 6.45) is 2.97. The van der Waals surface area contributed by atoms with Crippen LogP contribution in [0.5, 0.6) is 0 Å². The first-order valence-corrected chi connectivity index (χ1v) is 7.08. The molecule has 0 aliphatic heterocycles. The van der Waals surface area contributed by atoms with Crippen LogP contribution >= 0.6 is 23.2 Å². The summed E-state index contributed by atoms with van der Waals surface area (Å²) in [7, 11) is 0. The molecule has 0 radical (unpaired) electrons. The summed E-state index contributed by atoms with van der Waals surface area (Å²) in [5.41, 5.74) is 0.414. The van der Waals surface area contributed by atoms with E-state index in [2.05, 4.69) is 17.2 Å². The zero-order chi connectivity index (χ0) is 14.1. The fraction of sp³-hybridized carbons (Fsp3) is 0.538. The molecule has 0 aliphatic rings. The van der Waals surface area contributed by atoms with Crippen LogP contribution in [0.4, 0.5) is 0 Å². The maximum Gasteiger partial charge on any atom is 0.251 e. The van der Waals surface area contributed by atoms with Crippen LogP contribution in [0.25, 0.3) is 0 Å². The van der Waals surface area contributed by atoms with E-state index in [-0.39, 0.29) is 16.2 Å². The number of aromatic nitrogens is 1. The number of hydrogen-bond acceptors (Lipinski definition) is 3. The largest absolute Gasteiger partial charge is 0.381 e. The Hall–Kier alpha value is -0.840. The summed E-state index contributed by atoms with van der Waals surface area (Å²) in [5, 5.41) is 3.20. The molecule has 19 heavy (non-hydrogen) atoms. The highest BCUT2D eigenvalue weighted by Crippen LogP contribution is 2.14.